The van der Waals surface area contributed by atoms with Crippen LogP contribution in [0.1, 0.15) is 18.4 Å². The number of nitriles is 1. The van der Waals surface area contributed by atoms with E-state index in [0.717, 1.165) is 12.2 Å². The smallest absolute Gasteiger partial charge is 0.146 e. The number of halogens is 1. The lowest BCUT2D eigenvalue weighted by molar-refractivity contribution is 0.682. The van der Waals surface area contributed by atoms with Gasteiger partial charge >= 0.3 is 0 Å². The van der Waals surface area contributed by atoms with Crippen molar-refractivity contribution in [1.82, 2.24) is 4.98 Å². The zero-order valence-electron chi connectivity index (χ0n) is 8.74. The number of rotatable bonds is 2. The van der Waals surface area contributed by atoms with Crippen LogP contribution in [0.25, 0.3) is 0 Å². The van der Waals surface area contributed by atoms with Gasteiger partial charge in [-0.15, -0.1) is 0 Å². The Hall–Kier alpha value is -0.920. The monoisotopic (exact) mass is 253 g/mol. The predicted octanol–water partition coefficient (Wildman–Crippen LogP) is 2.91. The van der Waals surface area contributed by atoms with Crippen molar-refractivity contribution in [2.24, 2.45) is 0 Å². The fourth-order valence-electron chi connectivity index (χ4n) is 1.68. The normalized spacial score (nSPS) is 20.1. The van der Waals surface area contributed by atoms with E-state index in [9.17, 15) is 0 Å². The van der Waals surface area contributed by atoms with Crippen molar-refractivity contribution in [2.45, 2.75) is 18.9 Å². The van der Waals surface area contributed by atoms with Crippen LogP contribution < -0.4 is 5.32 Å². The molecule has 0 saturated carbocycles. The zero-order chi connectivity index (χ0) is 11.4. The van der Waals surface area contributed by atoms with E-state index < -0.39 is 0 Å². The van der Waals surface area contributed by atoms with Gasteiger partial charge in [-0.1, -0.05) is 11.6 Å². The maximum absolute atomic E-state index is 8.85. The Morgan fingerprint density at radius 2 is 2.50 bits per heavy atom. The van der Waals surface area contributed by atoms with Gasteiger partial charge in [-0.3, -0.25) is 0 Å². The molecule has 1 N–H and O–H groups in total. The van der Waals surface area contributed by atoms with Crippen molar-refractivity contribution in [1.29, 1.82) is 5.26 Å². The van der Waals surface area contributed by atoms with Crippen molar-refractivity contribution >= 4 is 29.2 Å². The van der Waals surface area contributed by atoms with E-state index in [1.807, 2.05) is 11.8 Å². The Bertz CT molecular complexity index is 410. The maximum atomic E-state index is 8.85. The number of aromatic nitrogens is 1. The summed E-state index contributed by atoms with van der Waals surface area (Å²) in [7, 11) is 0. The molecule has 1 aromatic rings. The molecule has 2 rings (SSSR count). The Balaban J connectivity index is 2.12. The summed E-state index contributed by atoms with van der Waals surface area (Å²) in [5.74, 6) is 2.94. The molecule has 1 aliphatic rings. The van der Waals surface area contributed by atoms with Crippen molar-refractivity contribution < 1.29 is 0 Å². The fraction of sp³-hybridized carbons (Fsp3) is 0.455. The summed E-state index contributed by atoms with van der Waals surface area (Å²) in [5.41, 5.74) is 0.475. The lowest BCUT2D eigenvalue weighted by Gasteiger charge is -2.23. The summed E-state index contributed by atoms with van der Waals surface area (Å²) in [4.78, 5) is 4.18. The molecule has 1 atom stereocenters. The molecular weight excluding hydrogens is 242 g/mol. The molecule has 5 heteroatoms. The minimum Gasteiger partial charge on any atom is -0.365 e. The standard InChI is InChI=1S/C11H12ClN3S/c12-10-8(6-13)3-4-14-11(10)15-9-2-1-5-16-7-9/h3-4,9H,1-2,5,7H2,(H,14,15). The molecule has 2 heterocycles. The van der Waals surface area contributed by atoms with Crippen LogP contribution in [-0.4, -0.2) is 22.5 Å². The van der Waals surface area contributed by atoms with Crippen LogP contribution in [0, 0.1) is 11.3 Å². The molecule has 1 unspecified atom stereocenters. The van der Waals surface area contributed by atoms with Crippen molar-refractivity contribution in [3.05, 3.63) is 22.8 Å². The van der Waals surface area contributed by atoms with Gasteiger partial charge in [-0.2, -0.15) is 17.0 Å². The molecule has 1 aromatic heterocycles. The number of nitrogens with one attached hydrogen (secondary N) is 1. The highest BCUT2D eigenvalue weighted by molar-refractivity contribution is 7.99. The van der Waals surface area contributed by atoms with E-state index in [1.165, 1.54) is 12.2 Å². The third-order valence-corrected chi connectivity index (χ3v) is 4.11. The molecule has 1 saturated heterocycles. The second-order valence-corrected chi connectivity index (χ2v) is 5.22. The van der Waals surface area contributed by atoms with Gasteiger partial charge < -0.3 is 5.32 Å². The average Bonchev–Trinajstić information content (AvgIpc) is 2.33. The largest absolute Gasteiger partial charge is 0.365 e. The summed E-state index contributed by atoms with van der Waals surface area (Å²) in [5, 5.41) is 12.6. The lowest BCUT2D eigenvalue weighted by atomic mass is 10.2. The van der Waals surface area contributed by atoms with Crippen LogP contribution in [0.3, 0.4) is 0 Å². The van der Waals surface area contributed by atoms with Crippen molar-refractivity contribution in [3.63, 3.8) is 0 Å². The van der Waals surface area contributed by atoms with E-state index >= 15 is 0 Å². The average molecular weight is 254 g/mol. The molecule has 1 fully saturated rings. The number of nitrogens with zero attached hydrogens (tertiary/aromatic N) is 2. The van der Waals surface area contributed by atoms with Crippen LogP contribution in [0.2, 0.25) is 5.02 Å². The first-order valence-corrected chi connectivity index (χ1v) is 6.73. The summed E-state index contributed by atoms with van der Waals surface area (Å²) in [6.45, 7) is 0. The predicted molar refractivity (Wildman–Crippen MR) is 67.9 cm³/mol. The first-order valence-electron chi connectivity index (χ1n) is 5.20. The van der Waals surface area contributed by atoms with Crippen LogP contribution in [0.4, 0.5) is 5.82 Å². The van der Waals surface area contributed by atoms with E-state index in [2.05, 4.69) is 16.4 Å². The number of pyridine rings is 1. The van der Waals surface area contributed by atoms with E-state index in [4.69, 9.17) is 16.9 Å². The number of hydrogen-bond donors (Lipinski definition) is 1. The molecule has 0 bridgehead atoms. The van der Waals surface area contributed by atoms with Crippen molar-refractivity contribution in [2.75, 3.05) is 16.8 Å². The third kappa shape index (κ3) is 2.60. The van der Waals surface area contributed by atoms with Gasteiger partial charge in [-0.25, -0.2) is 4.98 Å². The topological polar surface area (TPSA) is 48.7 Å². The summed E-state index contributed by atoms with van der Waals surface area (Å²) < 4.78 is 0. The second kappa shape index (κ2) is 5.42. The van der Waals surface area contributed by atoms with Crippen LogP contribution in [0.5, 0.6) is 0 Å². The van der Waals surface area contributed by atoms with E-state index in [-0.39, 0.29) is 0 Å². The van der Waals surface area contributed by atoms with E-state index in [0.29, 0.717) is 22.4 Å². The molecule has 0 aromatic carbocycles. The van der Waals surface area contributed by atoms with Gasteiger partial charge in [-0.05, 0) is 24.7 Å². The molecule has 16 heavy (non-hydrogen) atoms. The minimum absolute atomic E-state index is 0.415. The Morgan fingerprint density at radius 3 is 3.19 bits per heavy atom. The fourth-order valence-corrected chi connectivity index (χ4v) is 2.96. The molecule has 0 radical (unpaired) electrons. The SMILES string of the molecule is N#Cc1ccnc(NC2CCCSC2)c1Cl. The van der Waals surface area contributed by atoms with Crippen LogP contribution in [0.15, 0.2) is 12.3 Å². The first kappa shape index (κ1) is 11.6. The van der Waals surface area contributed by atoms with Gasteiger partial charge in [0.15, 0.2) is 0 Å². The summed E-state index contributed by atoms with van der Waals surface area (Å²) in [6, 6.07) is 4.10. The molecule has 1 aliphatic heterocycles. The van der Waals surface area contributed by atoms with Gasteiger partial charge in [0.05, 0.1) is 5.56 Å². The van der Waals surface area contributed by atoms with Crippen LogP contribution >= 0.6 is 23.4 Å². The van der Waals surface area contributed by atoms with Gasteiger partial charge in [0, 0.05) is 18.0 Å². The number of hydrogen-bond acceptors (Lipinski definition) is 4. The Morgan fingerprint density at radius 1 is 1.62 bits per heavy atom. The lowest BCUT2D eigenvalue weighted by Crippen LogP contribution is -2.26. The zero-order valence-corrected chi connectivity index (χ0v) is 10.3. The highest BCUT2D eigenvalue weighted by atomic mass is 35.5. The van der Waals surface area contributed by atoms with Crippen LogP contribution in [-0.2, 0) is 0 Å². The van der Waals surface area contributed by atoms with Gasteiger partial charge in [0.1, 0.15) is 16.9 Å². The van der Waals surface area contributed by atoms with E-state index in [1.54, 1.807) is 12.3 Å². The maximum Gasteiger partial charge on any atom is 0.146 e. The highest BCUT2D eigenvalue weighted by Gasteiger charge is 2.16. The molecule has 0 aliphatic carbocycles. The summed E-state index contributed by atoms with van der Waals surface area (Å²) in [6.07, 6.45) is 3.97. The molecule has 84 valence electrons. The third-order valence-electron chi connectivity index (χ3n) is 2.51. The molecular formula is C11H12ClN3S. The molecule has 3 nitrogen and oxygen atoms in total. The van der Waals surface area contributed by atoms with Gasteiger partial charge in [0.2, 0.25) is 0 Å². The number of anilines is 1. The quantitative estimate of drug-likeness (QED) is 0.881. The second-order valence-electron chi connectivity index (χ2n) is 3.69. The number of thioether (sulfide) groups is 1. The van der Waals surface area contributed by atoms with Crippen molar-refractivity contribution in [3.8, 4) is 6.07 Å². The molecule has 0 amide bonds. The highest BCUT2D eigenvalue weighted by Crippen LogP contribution is 2.26. The Labute approximate surface area is 104 Å². The summed E-state index contributed by atoms with van der Waals surface area (Å²) >= 11 is 8.01. The molecule has 0 spiro atoms. The first-order chi connectivity index (χ1) is 7.81. The minimum atomic E-state index is 0.415. The Kier molecular flexibility index (Phi) is 3.92. The van der Waals surface area contributed by atoms with Gasteiger partial charge in [0.25, 0.3) is 0 Å².